The second-order valence-corrected chi connectivity index (χ2v) is 8.79. The third-order valence-electron chi connectivity index (χ3n) is 5.83. The molecule has 1 amide bonds. The molecule has 0 radical (unpaired) electrons. The van der Waals surface area contributed by atoms with Crippen molar-refractivity contribution in [3.8, 4) is 6.01 Å². The number of fused-ring (bicyclic) bond motifs is 1. The summed E-state index contributed by atoms with van der Waals surface area (Å²) in [5.41, 5.74) is 8.12. The molecule has 0 spiro atoms. The Balaban J connectivity index is 1.52. The van der Waals surface area contributed by atoms with Crippen LogP contribution in [0.2, 0.25) is 0 Å². The highest BCUT2D eigenvalue weighted by Crippen LogP contribution is 2.34. The minimum absolute atomic E-state index is 0.0727. The highest BCUT2D eigenvalue weighted by molar-refractivity contribution is 6.03. The molecule has 2 aliphatic rings. The Morgan fingerprint density at radius 3 is 2.47 bits per heavy atom. The molecule has 34 heavy (non-hydrogen) atoms. The molecular weight excluding hydrogens is 444 g/mol. The van der Waals surface area contributed by atoms with Crippen LogP contribution in [0.15, 0.2) is 24.3 Å². The summed E-state index contributed by atoms with van der Waals surface area (Å²) in [6, 6.07) is 7.65. The van der Waals surface area contributed by atoms with Gasteiger partial charge in [-0.1, -0.05) is 37.6 Å². The van der Waals surface area contributed by atoms with Crippen LogP contribution >= 0.6 is 0 Å². The lowest BCUT2D eigenvalue weighted by Gasteiger charge is -2.30. The second kappa shape index (κ2) is 9.31. The van der Waals surface area contributed by atoms with Gasteiger partial charge in [0.1, 0.15) is 5.69 Å². The molecule has 184 valence electrons. The molecular formula is C22H30N6O6. The van der Waals surface area contributed by atoms with Crippen LogP contribution in [0.3, 0.4) is 0 Å². The molecule has 12 nitrogen and oxygen atoms in total. The van der Waals surface area contributed by atoms with E-state index in [-0.39, 0.29) is 43.9 Å². The van der Waals surface area contributed by atoms with E-state index >= 15 is 0 Å². The van der Waals surface area contributed by atoms with E-state index in [0.29, 0.717) is 24.7 Å². The first-order valence-corrected chi connectivity index (χ1v) is 11.1. The summed E-state index contributed by atoms with van der Waals surface area (Å²) in [5.74, 6) is -4.84. The van der Waals surface area contributed by atoms with Crippen molar-refractivity contribution in [1.29, 1.82) is 0 Å². The van der Waals surface area contributed by atoms with Crippen molar-refractivity contribution in [2.24, 2.45) is 0 Å². The Morgan fingerprint density at radius 1 is 1.12 bits per heavy atom. The fourth-order valence-electron chi connectivity index (χ4n) is 4.07. The largest absolute Gasteiger partial charge is 0.463 e. The zero-order valence-corrected chi connectivity index (χ0v) is 18.9. The molecule has 1 aromatic carbocycles. The summed E-state index contributed by atoms with van der Waals surface area (Å²) in [4.78, 5) is 24.2. The first-order valence-electron chi connectivity index (χ1n) is 11.1. The van der Waals surface area contributed by atoms with Crippen LogP contribution < -0.4 is 20.7 Å². The maximum Gasteiger partial charge on any atom is 0.320 e. The minimum atomic E-state index is -2.61. The van der Waals surface area contributed by atoms with E-state index in [4.69, 9.17) is 10.5 Å². The molecule has 3 heterocycles. The average molecular weight is 475 g/mol. The quantitative estimate of drug-likeness (QED) is 0.212. The third kappa shape index (κ3) is 5.05. The number of nitrogen functional groups attached to an aromatic ring is 1. The van der Waals surface area contributed by atoms with E-state index in [1.54, 1.807) is 4.90 Å². The van der Waals surface area contributed by atoms with Crippen molar-refractivity contribution < 1.29 is 30.0 Å². The zero-order valence-electron chi connectivity index (χ0n) is 18.9. The highest BCUT2D eigenvalue weighted by atomic mass is 16.6. The maximum atomic E-state index is 12.3. The van der Waals surface area contributed by atoms with Crippen LogP contribution in [0.1, 0.15) is 30.9 Å². The molecule has 2 aromatic rings. The zero-order chi connectivity index (χ0) is 24.5. The lowest BCUT2D eigenvalue weighted by molar-refractivity contribution is -0.328. The van der Waals surface area contributed by atoms with Gasteiger partial charge in [0.15, 0.2) is 11.6 Å². The van der Waals surface area contributed by atoms with Crippen LogP contribution in [0.4, 0.5) is 17.3 Å². The number of aromatic nitrogens is 2. The van der Waals surface area contributed by atoms with Crippen LogP contribution in [0.25, 0.3) is 0 Å². The van der Waals surface area contributed by atoms with E-state index in [9.17, 15) is 25.2 Å². The van der Waals surface area contributed by atoms with E-state index in [0.717, 1.165) is 24.0 Å². The normalized spacial score (nSPS) is 19.1. The Morgan fingerprint density at radius 2 is 1.79 bits per heavy atom. The van der Waals surface area contributed by atoms with E-state index in [2.05, 4.69) is 22.2 Å². The fourth-order valence-corrected chi connectivity index (χ4v) is 4.07. The number of likely N-dealkylation sites (tertiary alicyclic amines) is 1. The number of carbonyl (C=O) groups is 1. The number of amides is 1. The highest BCUT2D eigenvalue weighted by Gasteiger charge is 2.55. The van der Waals surface area contributed by atoms with Crippen LogP contribution in [0, 0.1) is 0 Å². The van der Waals surface area contributed by atoms with Crippen molar-refractivity contribution in [3.63, 3.8) is 0 Å². The lowest BCUT2D eigenvalue weighted by Crippen LogP contribution is -2.53. The van der Waals surface area contributed by atoms with Gasteiger partial charge in [-0.3, -0.25) is 9.69 Å². The molecule has 1 saturated heterocycles. The maximum absolute atomic E-state index is 12.3. The van der Waals surface area contributed by atoms with Gasteiger partial charge in [-0.2, -0.15) is 9.97 Å². The Labute approximate surface area is 196 Å². The predicted octanol–water partition coefficient (Wildman–Crippen LogP) is -0.626. The van der Waals surface area contributed by atoms with E-state index in [1.807, 2.05) is 24.3 Å². The molecule has 0 unspecified atom stereocenters. The number of hydrogen-bond donors (Lipinski definition) is 6. The third-order valence-corrected chi connectivity index (χ3v) is 5.83. The number of nitrogens with zero attached hydrogens (tertiary/aromatic N) is 4. The number of hydrogen-bond acceptors (Lipinski definition) is 11. The minimum Gasteiger partial charge on any atom is -0.463 e. The molecule has 7 N–H and O–H groups in total. The molecule has 2 aliphatic heterocycles. The van der Waals surface area contributed by atoms with Crippen LogP contribution in [-0.2, 0) is 17.9 Å². The molecule has 0 atom stereocenters. The Hall–Kier alpha value is -3.03. The molecule has 1 aromatic heterocycles. The van der Waals surface area contributed by atoms with Gasteiger partial charge < -0.3 is 41.1 Å². The van der Waals surface area contributed by atoms with Gasteiger partial charge in [0, 0.05) is 13.1 Å². The number of rotatable bonds is 8. The Bertz CT molecular complexity index is 1050. The average Bonchev–Trinajstić information content (AvgIpc) is 2.95. The Kier molecular flexibility index (Phi) is 6.60. The van der Waals surface area contributed by atoms with Crippen LogP contribution in [-0.4, -0.2) is 79.0 Å². The number of nitrogens with two attached hydrogens (primary N) is 1. The number of benzene rings is 1. The van der Waals surface area contributed by atoms with Crippen LogP contribution in [0.5, 0.6) is 6.01 Å². The van der Waals surface area contributed by atoms with Gasteiger partial charge in [-0.05, 0) is 17.5 Å². The summed E-state index contributed by atoms with van der Waals surface area (Å²) >= 11 is 0. The molecule has 1 fully saturated rings. The fraction of sp³-hybridized carbons (Fsp3) is 0.500. The van der Waals surface area contributed by atoms with E-state index < -0.39 is 11.6 Å². The summed E-state index contributed by atoms with van der Waals surface area (Å²) in [6.07, 6.45) is 1.82. The van der Waals surface area contributed by atoms with Gasteiger partial charge in [0.2, 0.25) is 17.5 Å². The van der Waals surface area contributed by atoms with E-state index in [1.165, 1.54) is 4.90 Å². The van der Waals surface area contributed by atoms with Gasteiger partial charge in [-0.25, -0.2) is 0 Å². The SMILES string of the molecule is CCCCOc1nc(N)c2c(n1)N(Cc1cccc(CN3CC(O)(O)C(O)(O)C3)c1)CC(=O)N2. The monoisotopic (exact) mass is 474 g/mol. The number of unbranched alkanes of at least 4 members (excludes halogenated alkanes) is 1. The molecule has 0 bridgehead atoms. The standard InChI is InChI=1S/C22H30N6O6/c1-2-3-7-34-20-25-18(23)17-19(26-20)28(11-16(29)24-17)10-15-6-4-5-14(8-15)9-27-12-21(30,31)22(32,33)13-27/h4-6,8,30-33H,2-3,7,9-13H2,1H3,(H,24,29)(H2,23,25,26). The van der Waals surface area contributed by atoms with Crippen molar-refractivity contribution >= 4 is 23.2 Å². The first kappa shape index (κ1) is 24.1. The van der Waals surface area contributed by atoms with Gasteiger partial charge in [0.05, 0.1) is 26.2 Å². The molecule has 4 rings (SSSR count). The van der Waals surface area contributed by atoms with Crippen molar-refractivity contribution in [1.82, 2.24) is 14.9 Å². The first-order chi connectivity index (χ1) is 16.1. The summed E-state index contributed by atoms with van der Waals surface area (Å²) in [6.45, 7) is 2.61. The number of ether oxygens (including phenoxy) is 1. The predicted molar refractivity (Wildman–Crippen MR) is 123 cm³/mol. The number of nitrogens with one attached hydrogen (secondary N) is 1. The summed E-state index contributed by atoms with van der Waals surface area (Å²) < 4.78 is 5.62. The summed E-state index contributed by atoms with van der Waals surface area (Å²) in [5, 5.41) is 42.0. The van der Waals surface area contributed by atoms with Crippen molar-refractivity contribution in [2.75, 3.05) is 42.2 Å². The molecule has 0 aliphatic carbocycles. The van der Waals surface area contributed by atoms with Crippen molar-refractivity contribution in [3.05, 3.63) is 35.4 Å². The number of β-amino-alcohol motifs (C(OH)–C–C–N with tert-alkyl or cyclic N) is 4. The van der Waals surface area contributed by atoms with Gasteiger partial charge in [-0.15, -0.1) is 0 Å². The van der Waals surface area contributed by atoms with Crippen molar-refractivity contribution in [2.45, 2.75) is 44.4 Å². The second-order valence-electron chi connectivity index (χ2n) is 8.79. The summed E-state index contributed by atoms with van der Waals surface area (Å²) in [7, 11) is 0. The number of carbonyl (C=O) groups excluding carboxylic acids is 1. The molecule has 0 saturated carbocycles. The smallest absolute Gasteiger partial charge is 0.320 e. The van der Waals surface area contributed by atoms with Gasteiger partial charge in [0.25, 0.3) is 0 Å². The lowest BCUT2D eigenvalue weighted by atomic mass is 10.1. The number of aliphatic hydroxyl groups is 4. The number of anilines is 3. The van der Waals surface area contributed by atoms with Gasteiger partial charge >= 0.3 is 6.01 Å². The topological polar surface area (TPSA) is 178 Å². The molecule has 12 heteroatoms.